The zero-order valence-electron chi connectivity index (χ0n) is 41.8. The minimum Gasteiger partial charge on any atom is -0.481 e. The van der Waals surface area contributed by atoms with Gasteiger partial charge in [-0.3, -0.25) is 33.6 Å². The normalized spacial score (nSPS) is 12.9. The van der Waals surface area contributed by atoms with E-state index < -0.39 is 78.7 Å². The summed E-state index contributed by atoms with van der Waals surface area (Å²) in [5.41, 5.74) is 11.4. The number of hydrogen-bond acceptors (Lipinski definition) is 12. The molecule has 68 heavy (non-hydrogen) atoms. The van der Waals surface area contributed by atoms with Gasteiger partial charge in [0, 0.05) is 37.2 Å². The molecule has 0 fully saturated rings. The topological polar surface area (TPSA) is 284 Å². The molecule has 0 aromatic heterocycles. The van der Waals surface area contributed by atoms with Crippen LogP contribution in [0.5, 0.6) is 0 Å². The molecule has 0 aliphatic carbocycles. The third-order valence-corrected chi connectivity index (χ3v) is 12.9. The van der Waals surface area contributed by atoms with Crippen molar-refractivity contribution in [2.24, 2.45) is 11.5 Å². The summed E-state index contributed by atoms with van der Waals surface area (Å²) in [4.78, 5) is 97.9. The van der Waals surface area contributed by atoms with E-state index in [1.165, 1.54) is 127 Å². The molecule has 18 heteroatoms. The molecule has 0 aromatic carbocycles. The molecule has 0 saturated carbocycles. The van der Waals surface area contributed by atoms with Gasteiger partial charge in [0.25, 0.3) is 0 Å². The second-order valence-electron chi connectivity index (χ2n) is 18.1. The van der Waals surface area contributed by atoms with Crippen molar-refractivity contribution in [1.82, 2.24) is 16.0 Å². The third kappa shape index (κ3) is 40.0. The van der Waals surface area contributed by atoms with Gasteiger partial charge < -0.3 is 47.1 Å². The van der Waals surface area contributed by atoms with Crippen molar-refractivity contribution in [3.63, 3.8) is 0 Å². The fraction of sp³-hybridized carbons (Fsp3) is 0.840. The van der Waals surface area contributed by atoms with Crippen LogP contribution in [-0.4, -0.2) is 107 Å². The number of carboxylic acids is 2. The van der Waals surface area contributed by atoms with E-state index in [1.807, 2.05) is 0 Å². The van der Waals surface area contributed by atoms with Crippen LogP contribution in [0.25, 0.3) is 0 Å². The zero-order valence-corrected chi connectivity index (χ0v) is 42.6. The number of carbonyl (C=O) groups is 8. The Morgan fingerprint density at radius 1 is 0.529 bits per heavy atom. The first-order valence-electron chi connectivity index (χ1n) is 26.0. The van der Waals surface area contributed by atoms with Gasteiger partial charge in [-0.05, 0) is 25.7 Å². The quantitative estimate of drug-likeness (QED) is 0.0227. The van der Waals surface area contributed by atoms with Crippen molar-refractivity contribution in [3.8, 4) is 0 Å². The van der Waals surface area contributed by atoms with Crippen LogP contribution in [0, 0.1) is 0 Å². The van der Waals surface area contributed by atoms with E-state index in [1.54, 1.807) is 0 Å². The highest BCUT2D eigenvalue weighted by Gasteiger charge is 2.27. The van der Waals surface area contributed by atoms with E-state index in [0.29, 0.717) is 12.8 Å². The highest BCUT2D eigenvalue weighted by atomic mass is 32.2. The fourth-order valence-corrected chi connectivity index (χ4v) is 8.46. The van der Waals surface area contributed by atoms with Crippen LogP contribution in [-0.2, 0) is 47.8 Å². The Morgan fingerprint density at radius 3 is 1.41 bits per heavy atom. The monoisotopic (exact) mass is 986 g/mol. The van der Waals surface area contributed by atoms with E-state index in [-0.39, 0.29) is 56.2 Å². The van der Waals surface area contributed by atoms with Crippen LogP contribution in [0.2, 0.25) is 0 Å². The largest absolute Gasteiger partial charge is 0.481 e. The van der Waals surface area contributed by atoms with Crippen molar-refractivity contribution in [1.29, 1.82) is 0 Å². The second-order valence-corrected chi connectivity index (χ2v) is 19.2. The molecule has 0 bridgehead atoms. The molecule has 0 aromatic rings. The summed E-state index contributed by atoms with van der Waals surface area (Å²) in [5.74, 6) is -6.60. The van der Waals surface area contributed by atoms with Gasteiger partial charge in [-0.15, -0.1) is 0 Å². The van der Waals surface area contributed by atoms with E-state index in [2.05, 4.69) is 29.8 Å². The number of thioether (sulfide) groups is 1. The molecule has 17 nitrogen and oxygen atoms in total. The molecule has 0 heterocycles. The molecule has 0 aliphatic rings. The Bertz CT molecular complexity index is 1410. The number of rotatable bonds is 48. The van der Waals surface area contributed by atoms with E-state index in [4.69, 9.17) is 26.0 Å². The molecule has 4 atom stereocenters. The summed E-state index contributed by atoms with van der Waals surface area (Å²) < 4.78 is 11.3. The Morgan fingerprint density at radius 2 is 0.971 bits per heavy atom. The number of amides is 4. The van der Waals surface area contributed by atoms with Crippen LogP contribution in [0.3, 0.4) is 0 Å². The van der Waals surface area contributed by atoms with Crippen molar-refractivity contribution in [2.45, 2.75) is 244 Å². The lowest BCUT2D eigenvalue weighted by molar-refractivity contribution is -0.157. The molecule has 0 radical (unpaired) electrons. The van der Waals surface area contributed by atoms with Crippen LogP contribution >= 0.6 is 11.8 Å². The molecule has 0 aliphatic heterocycles. The highest BCUT2D eigenvalue weighted by molar-refractivity contribution is 7.99. The molecule has 0 saturated heterocycles. The summed E-state index contributed by atoms with van der Waals surface area (Å²) in [6.07, 6.45) is 29.1. The maximum atomic E-state index is 13.1. The number of carbonyl (C=O) groups excluding carboxylic acids is 6. The third-order valence-electron chi connectivity index (χ3n) is 11.7. The smallest absolute Gasteiger partial charge is 0.326 e. The minimum atomic E-state index is -1.51. The molecular formula is C50H91N5O12S. The number of nitrogens with two attached hydrogens (primary N) is 2. The zero-order chi connectivity index (χ0) is 50.6. The predicted molar refractivity (Wildman–Crippen MR) is 267 cm³/mol. The van der Waals surface area contributed by atoms with Gasteiger partial charge in [0.2, 0.25) is 23.6 Å². The number of ether oxygens (including phenoxy) is 2. The van der Waals surface area contributed by atoms with Gasteiger partial charge in [0.15, 0.2) is 0 Å². The first-order chi connectivity index (χ1) is 32.7. The lowest BCUT2D eigenvalue weighted by Crippen LogP contribution is -2.54. The number of esters is 2. The molecule has 394 valence electrons. The van der Waals surface area contributed by atoms with Crippen molar-refractivity contribution in [3.05, 3.63) is 0 Å². The minimum absolute atomic E-state index is 0.0190. The van der Waals surface area contributed by atoms with E-state index in [0.717, 1.165) is 38.5 Å². The maximum Gasteiger partial charge on any atom is 0.326 e. The van der Waals surface area contributed by atoms with Gasteiger partial charge >= 0.3 is 23.9 Å². The predicted octanol–water partition coefficient (Wildman–Crippen LogP) is 7.77. The second kappa shape index (κ2) is 44.3. The molecule has 0 rings (SSSR count). The van der Waals surface area contributed by atoms with E-state index in [9.17, 15) is 43.5 Å². The van der Waals surface area contributed by atoms with Crippen molar-refractivity contribution in [2.75, 3.05) is 24.7 Å². The fourth-order valence-electron chi connectivity index (χ4n) is 7.49. The molecule has 1 unspecified atom stereocenters. The van der Waals surface area contributed by atoms with Gasteiger partial charge in [-0.25, -0.2) is 4.79 Å². The highest BCUT2D eigenvalue weighted by Crippen LogP contribution is 2.16. The molecule has 9 N–H and O–H groups in total. The number of aliphatic carboxylic acids is 2. The SMILES string of the molecule is CCCCCCCCCCCCCCCC(=O)OC[C@H](CSCC(N)C(=O)N[C@H](CCC(N)=O)C(=O)NCC(=O)N[C@H](CCC(=O)O)C(=O)O)OC(=O)CCCCCCCCCCCCCCC. The number of hydrogen-bond donors (Lipinski definition) is 7. The van der Waals surface area contributed by atoms with Gasteiger partial charge in [0.1, 0.15) is 24.8 Å². The number of primary amides is 1. The Balaban J connectivity index is 5.10. The lowest BCUT2D eigenvalue weighted by Gasteiger charge is -2.21. The molecular weight excluding hydrogens is 895 g/mol. The Hall–Kier alpha value is -3.93. The standard InChI is InChI=1S/C50H91N5O12S/c1-3-5-7-9-11-13-15-17-19-21-23-25-27-29-46(60)66-36-39(67-47(61)30-28-26-24-22-20-18-16-14-12-10-8-6-4-2)37-68-38-40(51)48(62)55-41(31-33-43(52)56)49(63)53-35-44(57)54-42(50(64)65)32-34-45(58)59/h39-42H,3-38,51H2,1-2H3,(H2,52,56)(H,53,63)(H,54,57)(H,55,62)(H,58,59)(H,64,65)/t39-,40?,41-,42-/m1/s1. The number of nitrogens with one attached hydrogen (secondary N) is 3. The van der Waals surface area contributed by atoms with Crippen molar-refractivity contribution >= 4 is 59.3 Å². The molecule has 0 spiro atoms. The maximum absolute atomic E-state index is 13.1. The van der Waals surface area contributed by atoms with E-state index >= 15 is 0 Å². The van der Waals surface area contributed by atoms with Crippen molar-refractivity contribution < 1.29 is 58.0 Å². The van der Waals surface area contributed by atoms with Crippen LogP contribution in [0.15, 0.2) is 0 Å². The summed E-state index contributed by atoms with van der Waals surface area (Å²) >= 11 is 1.19. The summed E-state index contributed by atoms with van der Waals surface area (Å²) in [7, 11) is 0. The van der Waals surface area contributed by atoms with Gasteiger partial charge in [-0.2, -0.15) is 11.8 Å². The average Bonchev–Trinajstić information content (AvgIpc) is 3.30. The average molecular weight is 986 g/mol. The summed E-state index contributed by atoms with van der Waals surface area (Å²) in [6.45, 7) is 3.61. The summed E-state index contributed by atoms with van der Waals surface area (Å²) in [5, 5.41) is 25.0. The first kappa shape index (κ1) is 64.1. The van der Waals surface area contributed by atoms with Gasteiger partial charge in [-0.1, -0.05) is 168 Å². The van der Waals surface area contributed by atoms with Gasteiger partial charge in [0.05, 0.1) is 12.6 Å². The molecule has 4 amide bonds. The van der Waals surface area contributed by atoms with Crippen LogP contribution in [0.1, 0.15) is 219 Å². The first-order valence-corrected chi connectivity index (χ1v) is 27.1. The van der Waals surface area contributed by atoms with Crippen LogP contribution < -0.4 is 27.4 Å². The summed E-state index contributed by atoms with van der Waals surface area (Å²) in [6, 6.07) is -4.02. The van der Waals surface area contributed by atoms with Crippen LogP contribution in [0.4, 0.5) is 0 Å². The number of unbranched alkanes of at least 4 members (excludes halogenated alkanes) is 24. The lowest BCUT2D eigenvalue weighted by atomic mass is 10.0. The Labute approximate surface area is 411 Å². The number of carboxylic acid groups (broad SMARTS) is 2. The Kier molecular flexibility index (Phi) is 41.7.